The minimum atomic E-state index is 0.0417. The van der Waals surface area contributed by atoms with Gasteiger partial charge in [-0.3, -0.25) is 4.79 Å². The molecule has 0 bridgehead atoms. The van der Waals surface area contributed by atoms with Crippen LogP contribution >= 0.6 is 11.8 Å². The van der Waals surface area contributed by atoms with E-state index in [1.807, 2.05) is 66.7 Å². The molecule has 1 nitrogen and oxygen atoms in total. The van der Waals surface area contributed by atoms with Crippen molar-refractivity contribution < 1.29 is 4.79 Å². The normalized spacial score (nSPS) is 10.6. The summed E-state index contributed by atoms with van der Waals surface area (Å²) in [5.74, 6) is 0. The molecule has 0 aliphatic carbocycles. The lowest BCUT2D eigenvalue weighted by atomic mass is 10.2. The molecular weight excluding hydrogens is 228 g/mol. The van der Waals surface area contributed by atoms with Crippen molar-refractivity contribution in [2.45, 2.75) is 4.90 Å². The molecule has 0 aliphatic heterocycles. The highest BCUT2D eigenvalue weighted by Crippen LogP contribution is 2.18. The second kappa shape index (κ2) is 6.06. The molecule has 2 aromatic carbocycles. The molecule has 2 heteroatoms. The van der Waals surface area contributed by atoms with Gasteiger partial charge in [-0.1, -0.05) is 54.6 Å². The molecule has 0 saturated heterocycles. The molecule has 0 unspecified atom stereocenters. The van der Waals surface area contributed by atoms with Gasteiger partial charge in [0.15, 0.2) is 0 Å². The number of carbonyl (C=O) groups is 1. The molecule has 0 heterocycles. The molecule has 2 rings (SSSR count). The van der Waals surface area contributed by atoms with Crippen molar-refractivity contribution in [3.63, 3.8) is 0 Å². The van der Waals surface area contributed by atoms with Gasteiger partial charge in [0.2, 0.25) is 5.12 Å². The third-order valence-corrected chi connectivity index (χ3v) is 3.02. The second-order valence-electron chi connectivity index (χ2n) is 3.48. The van der Waals surface area contributed by atoms with Crippen molar-refractivity contribution in [2.75, 3.05) is 0 Å². The van der Waals surface area contributed by atoms with Crippen LogP contribution in [0.3, 0.4) is 0 Å². The Labute approximate surface area is 105 Å². The zero-order valence-corrected chi connectivity index (χ0v) is 10.1. The van der Waals surface area contributed by atoms with E-state index in [0.717, 1.165) is 10.5 Å². The number of hydrogen-bond donors (Lipinski definition) is 0. The minimum absolute atomic E-state index is 0.0417. The Morgan fingerprint density at radius 1 is 0.882 bits per heavy atom. The Morgan fingerprint density at radius 3 is 2.12 bits per heavy atom. The highest BCUT2D eigenvalue weighted by atomic mass is 32.2. The van der Waals surface area contributed by atoms with Crippen LogP contribution in [0.4, 0.5) is 0 Å². The van der Waals surface area contributed by atoms with E-state index in [0.29, 0.717) is 0 Å². The first-order valence-electron chi connectivity index (χ1n) is 5.34. The number of thioether (sulfide) groups is 1. The summed E-state index contributed by atoms with van der Waals surface area (Å²) in [5.41, 5.74) is 1.04. The van der Waals surface area contributed by atoms with Gasteiger partial charge in [0.05, 0.1) is 0 Å². The predicted molar refractivity (Wildman–Crippen MR) is 72.8 cm³/mol. The molecule has 0 atom stereocenters. The Kier molecular flexibility index (Phi) is 4.17. The third-order valence-electron chi connectivity index (χ3n) is 2.17. The van der Waals surface area contributed by atoms with Gasteiger partial charge in [0.1, 0.15) is 0 Å². The molecule has 17 heavy (non-hydrogen) atoms. The monoisotopic (exact) mass is 240 g/mol. The first kappa shape index (κ1) is 11.7. The predicted octanol–water partition coefficient (Wildman–Crippen LogP) is 4.02. The fourth-order valence-corrected chi connectivity index (χ4v) is 2.03. The van der Waals surface area contributed by atoms with Gasteiger partial charge < -0.3 is 0 Å². The maximum atomic E-state index is 11.7. The van der Waals surface area contributed by atoms with Gasteiger partial charge in [-0.2, -0.15) is 0 Å². The summed E-state index contributed by atoms with van der Waals surface area (Å²) in [6.07, 6.45) is 3.44. The molecule has 84 valence electrons. The van der Waals surface area contributed by atoms with Crippen LogP contribution in [0.15, 0.2) is 71.6 Å². The van der Waals surface area contributed by atoms with E-state index >= 15 is 0 Å². The Bertz CT molecular complexity index is 503. The van der Waals surface area contributed by atoms with Crippen LogP contribution in [0.5, 0.6) is 0 Å². The smallest absolute Gasteiger partial charge is 0.216 e. The van der Waals surface area contributed by atoms with Gasteiger partial charge in [-0.25, -0.2) is 0 Å². The highest BCUT2D eigenvalue weighted by Gasteiger charge is 1.99. The highest BCUT2D eigenvalue weighted by molar-refractivity contribution is 8.14. The average molecular weight is 240 g/mol. The fourth-order valence-electron chi connectivity index (χ4n) is 1.37. The quantitative estimate of drug-likeness (QED) is 0.595. The van der Waals surface area contributed by atoms with Crippen LogP contribution < -0.4 is 0 Å². The van der Waals surface area contributed by atoms with E-state index in [9.17, 15) is 4.79 Å². The third kappa shape index (κ3) is 3.93. The van der Waals surface area contributed by atoms with Crippen molar-refractivity contribution in [2.24, 2.45) is 0 Å². The Morgan fingerprint density at radius 2 is 1.47 bits per heavy atom. The summed E-state index contributed by atoms with van der Waals surface area (Å²) in [7, 11) is 0. The lowest BCUT2D eigenvalue weighted by Gasteiger charge is -1.95. The van der Waals surface area contributed by atoms with Crippen molar-refractivity contribution in [3.8, 4) is 0 Å². The van der Waals surface area contributed by atoms with Crippen LogP contribution in [0.2, 0.25) is 0 Å². The first-order valence-corrected chi connectivity index (χ1v) is 6.16. The maximum Gasteiger partial charge on any atom is 0.216 e. The number of rotatable bonds is 3. The summed E-state index contributed by atoms with van der Waals surface area (Å²) in [6.45, 7) is 0. The molecule has 0 spiro atoms. The summed E-state index contributed by atoms with van der Waals surface area (Å²) in [5, 5.41) is 0.0417. The largest absolute Gasteiger partial charge is 0.282 e. The number of hydrogen-bond acceptors (Lipinski definition) is 2. The van der Waals surface area contributed by atoms with Crippen molar-refractivity contribution in [1.82, 2.24) is 0 Å². The standard InChI is InChI=1S/C15H12OS/c16-15(17-14-9-5-2-6-10-14)12-11-13-7-3-1-4-8-13/h1-12H/b12-11-. The van der Waals surface area contributed by atoms with Crippen molar-refractivity contribution in [1.29, 1.82) is 0 Å². The summed E-state index contributed by atoms with van der Waals surface area (Å²) < 4.78 is 0. The van der Waals surface area contributed by atoms with Crippen LogP contribution in [0.1, 0.15) is 5.56 Å². The van der Waals surface area contributed by atoms with Crippen molar-refractivity contribution >= 4 is 23.0 Å². The fraction of sp³-hybridized carbons (Fsp3) is 0. The molecule has 0 saturated carbocycles. The molecule has 0 aliphatic rings. The van der Waals surface area contributed by atoms with Gasteiger partial charge in [-0.15, -0.1) is 0 Å². The Balaban J connectivity index is 1.96. The molecule has 0 N–H and O–H groups in total. The lowest BCUT2D eigenvalue weighted by molar-refractivity contribution is -0.106. The lowest BCUT2D eigenvalue weighted by Crippen LogP contribution is -1.84. The molecule has 0 radical (unpaired) electrons. The van der Waals surface area contributed by atoms with Crippen molar-refractivity contribution in [3.05, 3.63) is 72.3 Å². The van der Waals surface area contributed by atoms with Gasteiger partial charge in [0.25, 0.3) is 0 Å². The molecule has 0 fully saturated rings. The SMILES string of the molecule is O=C(/C=C\c1ccccc1)Sc1ccccc1. The van der Waals surface area contributed by atoms with E-state index in [1.165, 1.54) is 11.8 Å². The maximum absolute atomic E-state index is 11.7. The van der Waals surface area contributed by atoms with E-state index in [2.05, 4.69) is 0 Å². The Hall–Kier alpha value is -1.80. The van der Waals surface area contributed by atoms with E-state index in [4.69, 9.17) is 0 Å². The average Bonchev–Trinajstić information content (AvgIpc) is 2.39. The topological polar surface area (TPSA) is 17.1 Å². The zero-order valence-electron chi connectivity index (χ0n) is 9.24. The summed E-state index contributed by atoms with van der Waals surface area (Å²) in [6, 6.07) is 19.5. The number of benzene rings is 2. The molecule has 0 amide bonds. The van der Waals surface area contributed by atoms with E-state index < -0.39 is 0 Å². The van der Waals surface area contributed by atoms with Crippen LogP contribution in [-0.2, 0) is 4.79 Å². The second-order valence-corrected chi connectivity index (χ2v) is 4.56. The van der Waals surface area contributed by atoms with Crippen LogP contribution in [0, 0.1) is 0 Å². The van der Waals surface area contributed by atoms with Crippen LogP contribution in [-0.4, -0.2) is 5.12 Å². The summed E-state index contributed by atoms with van der Waals surface area (Å²) in [4.78, 5) is 12.6. The van der Waals surface area contributed by atoms with E-state index in [-0.39, 0.29) is 5.12 Å². The first-order chi connectivity index (χ1) is 8.34. The van der Waals surface area contributed by atoms with Gasteiger partial charge in [0, 0.05) is 4.90 Å². The molecular formula is C15H12OS. The van der Waals surface area contributed by atoms with Gasteiger partial charge in [-0.05, 0) is 35.5 Å². The minimum Gasteiger partial charge on any atom is -0.282 e. The zero-order chi connectivity index (χ0) is 11.9. The molecule has 2 aromatic rings. The number of carbonyl (C=O) groups excluding carboxylic acids is 1. The van der Waals surface area contributed by atoms with Crippen LogP contribution in [0.25, 0.3) is 6.08 Å². The van der Waals surface area contributed by atoms with Gasteiger partial charge >= 0.3 is 0 Å². The molecule has 0 aromatic heterocycles. The summed E-state index contributed by atoms with van der Waals surface area (Å²) >= 11 is 1.24. The van der Waals surface area contributed by atoms with E-state index in [1.54, 1.807) is 6.08 Å².